The second kappa shape index (κ2) is 10.4. The minimum Gasteiger partial charge on any atom is -0.465 e. The van der Waals surface area contributed by atoms with Gasteiger partial charge in [0, 0.05) is 19.6 Å². The Hall–Kier alpha value is -1.53. The molecule has 1 saturated heterocycles. The standard InChI is InChI=1S/C18H32N4O2/c1-3-4-5-6-9-20-18(19)21-14-16(17-8-7-15(2)24-17)22-10-12-23-13-11-22/h7-8,16H,3-6,9-14H2,1-2H3,(H3,19,20,21). The van der Waals surface area contributed by atoms with Gasteiger partial charge in [0.05, 0.1) is 25.8 Å². The first-order valence-electron chi connectivity index (χ1n) is 9.12. The first-order chi connectivity index (χ1) is 11.7. The van der Waals surface area contributed by atoms with E-state index in [-0.39, 0.29) is 6.04 Å². The molecule has 0 aromatic carbocycles. The Morgan fingerprint density at radius 1 is 1.29 bits per heavy atom. The van der Waals surface area contributed by atoms with Crippen molar-refractivity contribution in [3.05, 3.63) is 23.7 Å². The van der Waals surface area contributed by atoms with E-state index in [0.717, 1.165) is 50.8 Å². The second-order valence-electron chi connectivity index (χ2n) is 6.33. The molecule has 6 nitrogen and oxygen atoms in total. The molecule has 6 heteroatoms. The van der Waals surface area contributed by atoms with Gasteiger partial charge in [0.15, 0.2) is 5.96 Å². The number of nitrogens with two attached hydrogens (primary N) is 1. The fraction of sp³-hybridized carbons (Fsp3) is 0.722. The maximum atomic E-state index is 6.01. The summed E-state index contributed by atoms with van der Waals surface area (Å²) in [6.07, 6.45) is 4.89. The molecule has 0 aliphatic carbocycles. The highest BCUT2D eigenvalue weighted by Gasteiger charge is 2.25. The number of guanidine groups is 1. The smallest absolute Gasteiger partial charge is 0.188 e. The summed E-state index contributed by atoms with van der Waals surface area (Å²) in [7, 11) is 0. The van der Waals surface area contributed by atoms with E-state index in [4.69, 9.17) is 14.9 Å². The van der Waals surface area contributed by atoms with Crippen molar-refractivity contribution in [3.8, 4) is 0 Å². The molecule has 2 rings (SSSR count). The zero-order valence-electron chi connectivity index (χ0n) is 15.1. The number of aryl methyl sites for hydroxylation is 1. The van der Waals surface area contributed by atoms with Crippen LogP contribution in [0.15, 0.2) is 21.5 Å². The summed E-state index contributed by atoms with van der Waals surface area (Å²) in [6, 6.07) is 4.16. The van der Waals surface area contributed by atoms with Gasteiger partial charge < -0.3 is 20.2 Å². The fourth-order valence-electron chi connectivity index (χ4n) is 2.92. The zero-order chi connectivity index (χ0) is 17.2. The lowest BCUT2D eigenvalue weighted by atomic mass is 10.1. The van der Waals surface area contributed by atoms with E-state index in [2.05, 4.69) is 22.1 Å². The van der Waals surface area contributed by atoms with Crippen LogP contribution in [0.5, 0.6) is 0 Å². The Labute approximate surface area is 145 Å². The highest BCUT2D eigenvalue weighted by molar-refractivity contribution is 5.77. The predicted molar refractivity (Wildman–Crippen MR) is 97.2 cm³/mol. The van der Waals surface area contributed by atoms with E-state index >= 15 is 0 Å². The third kappa shape index (κ3) is 6.17. The molecule has 24 heavy (non-hydrogen) atoms. The number of hydrogen-bond acceptors (Lipinski definition) is 4. The number of furan rings is 1. The molecular formula is C18H32N4O2. The summed E-state index contributed by atoms with van der Waals surface area (Å²) >= 11 is 0. The molecule has 1 aromatic heterocycles. The first-order valence-corrected chi connectivity index (χ1v) is 9.12. The highest BCUT2D eigenvalue weighted by atomic mass is 16.5. The first kappa shape index (κ1) is 18.8. The number of nitrogens with one attached hydrogen (secondary N) is 1. The molecular weight excluding hydrogens is 304 g/mol. The lowest BCUT2D eigenvalue weighted by Gasteiger charge is -2.32. The summed E-state index contributed by atoms with van der Waals surface area (Å²) in [5.41, 5.74) is 6.01. The quantitative estimate of drug-likeness (QED) is 0.411. The van der Waals surface area contributed by atoms with Crippen LogP contribution in [-0.4, -0.2) is 50.3 Å². The minimum absolute atomic E-state index is 0.114. The molecule has 136 valence electrons. The monoisotopic (exact) mass is 336 g/mol. The number of hydrogen-bond donors (Lipinski definition) is 2. The van der Waals surface area contributed by atoms with E-state index in [0.29, 0.717) is 12.5 Å². The van der Waals surface area contributed by atoms with Crippen molar-refractivity contribution in [3.63, 3.8) is 0 Å². The van der Waals surface area contributed by atoms with Crippen LogP contribution in [0.2, 0.25) is 0 Å². The molecule has 0 saturated carbocycles. The van der Waals surface area contributed by atoms with E-state index < -0.39 is 0 Å². The lowest BCUT2D eigenvalue weighted by molar-refractivity contribution is 0.0135. The number of aliphatic imine (C=N–C) groups is 1. The average molecular weight is 336 g/mol. The van der Waals surface area contributed by atoms with Gasteiger partial charge in [-0.25, -0.2) is 0 Å². The summed E-state index contributed by atoms with van der Waals surface area (Å²) in [5.74, 6) is 2.40. The van der Waals surface area contributed by atoms with Gasteiger partial charge in [0.2, 0.25) is 0 Å². The topological polar surface area (TPSA) is 76.0 Å². The van der Waals surface area contributed by atoms with Crippen molar-refractivity contribution in [1.29, 1.82) is 0 Å². The summed E-state index contributed by atoms with van der Waals surface area (Å²) in [5, 5.41) is 3.21. The van der Waals surface area contributed by atoms with E-state index in [1.807, 2.05) is 19.1 Å². The number of nitrogens with zero attached hydrogens (tertiary/aromatic N) is 2. The van der Waals surface area contributed by atoms with Crippen molar-refractivity contribution in [2.24, 2.45) is 10.7 Å². The Morgan fingerprint density at radius 3 is 2.75 bits per heavy atom. The van der Waals surface area contributed by atoms with Gasteiger partial charge in [0.1, 0.15) is 11.5 Å². The van der Waals surface area contributed by atoms with Crippen LogP contribution >= 0.6 is 0 Å². The van der Waals surface area contributed by atoms with Gasteiger partial charge in [-0.3, -0.25) is 9.89 Å². The van der Waals surface area contributed by atoms with Crippen LogP contribution < -0.4 is 11.1 Å². The zero-order valence-corrected chi connectivity index (χ0v) is 15.1. The number of morpholine rings is 1. The van der Waals surface area contributed by atoms with Crippen LogP contribution in [0.3, 0.4) is 0 Å². The fourth-order valence-corrected chi connectivity index (χ4v) is 2.92. The molecule has 0 radical (unpaired) electrons. The van der Waals surface area contributed by atoms with Crippen molar-refractivity contribution in [2.45, 2.75) is 45.6 Å². The van der Waals surface area contributed by atoms with Gasteiger partial charge in [0.25, 0.3) is 0 Å². The van der Waals surface area contributed by atoms with Crippen LogP contribution in [0.4, 0.5) is 0 Å². The molecule has 1 aromatic rings. The van der Waals surface area contributed by atoms with Gasteiger partial charge in [-0.2, -0.15) is 0 Å². The van der Waals surface area contributed by atoms with Gasteiger partial charge in [-0.15, -0.1) is 0 Å². The van der Waals surface area contributed by atoms with Crippen LogP contribution in [0.1, 0.15) is 50.2 Å². The highest BCUT2D eigenvalue weighted by Crippen LogP contribution is 2.24. The Morgan fingerprint density at radius 2 is 2.08 bits per heavy atom. The second-order valence-corrected chi connectivity index (χ2v) is 6.33. The van der Waals surface area contributed by atoms with Gasteiger partial charge in [-0.1, -0.05) is 26.2 Å². The van der Waals surface area contributed by atoms with Crippen LogP contribution in [0.25, 0.3) is 0 Å². The molecule has 1 aliphatic rings. The maximum absolute atomic E-state index is 6.01. The lowest BCUT2D eigenvalue weighted by Crippen LogP contribution is -2.41. The van der Waals surface area contributed by atoms with Crippen molar-refractivity contribution in [1.82, 2.24) is 10.2 Å². The SMILES string of the molecule is CCCCCCNC(N)=NCC(c1ccc(C)o1)N1CCOCC1. The Balaban J connectivity index is 1.88. The molecule has 1 aliphatic heterocycles. The molecule has 3 N–H and O–H groups in total. The van der Waals surface area contributed by atoms with Crippen LogP contribution in [0, 0.1) is 6.92 Å². The Bertz CT molecular complexity index is 495. The summed E-state index contributed by atoms with van der Waals surface area (Å²) in [4.78, 5) is 6.90. The van der Waals surface area contributed by atoms with E-state index in [1.54, 1.807) is 0 Å². The van der Waals surface area contributed by atoms with Crippen LogP contribution in [-0.2, 0) is 4.74 Å². The molecule has 0 amide bonds. The van der Waals surface area contributed by atoms with E-state index in [1.165, 1.54) is 19.3 Å². The van der Waals surface area contributed by atoms with E-state index in [9.17, 15) is 0 Å². The largest absolute Gasteiger partial charge is 0.465 e. The summed E-state index contributed by atoms with van der Waals surface area (Å²) < 4.78 is 11.3. The number of unbranched alkanes of at least 4 members (excludes halogenated alkanes) is 3. The molecule has 1 fully saturated rings. The maximum Gasteiger partial charge on any atom is 0.188 e. The average Bonchev–Trinajstić information content (AvgIpc) is 3.02. The number of ether oxygens (including phenoxy) is 1. The molecule has 1 atom stereocenters. The Kier molecular flexibility index (Phi) is 8.12. The van der Waals surface area contributed by atoms with Gasteiger partial charge in [-0.05, 0) is 25.5 Å². The molecule has 1 unspecified atom stereocenters. The van der Waals surface area contributed by atoms with Crippen molar-refractivity contribution >= 4 is 5.96 Å². The summed E-state index contributed by atoms with van der Waals surface area (Å²) in [6.45, 7) is 8.96. The number of rotatable bonds is 9. The normalized spacial score (nSPS) is 17.8. The minimum atomic E-state index is 0.114. The van der Waals surface area contributed by atoms with Crippen molar-refractivity contribution in [2.75, 3.05) is 39.4 Å². The predicted octanol–water partition coefficient (Wildman–Crippen LogP) is 2.45. The molecule has 2 heterocycles. The van der Waals surface area contributed by atoms with Crippen molar-refractivity contribution < 1.29 is 9.15 Å². The third-order valence-electron chi connectivity index (χ3n) is 4.35. The third-order valence-corrected chi connectivity index (χ3v) is 4.35. The molecule has 0 spiro atoms. The molecule has 0 bridgehead atoms. The van der Waals surface area contributed by atoms with Gasteiger partial charge >= 0.3 is 0 Å².